The zero-order chi connectivity index (χ0) is 14.7. The van der Waals surface area contributed by atoms with Crippen LogP contribution in [0.1, 0.15) is 0 Å². The number of aromatic nitrogens is 5. The summed E-state index contributed by atoms with van der Waals surface area (Å²) in [6.45, 7) is 2.59. The van der Waals surface area contributed by atoms with Gasteiger partial charge in [-0.05, 0) is 6.07 Å². The molecule has 0 saturated carbocycles. The lowest BCUT2D eigenvalue weighted by Crippen LogP contribution is -2.39. The molecule has 0 radical (unpaired) electrons. The van der Waals surface area contributed by atoms with Crippen molar-refractivity contribution >= 4 is 5.95 Å². The first-order valence-electron chi connectivity index (χ1n) is 6.82. The highest BCUT2D eigenvalue weighted by molar-refractivity contribution is 5.50. The Labute approximate surface area is 122 Å². The summed E-state index contributed by atoms with van der Waals surface area (Å²) in [4.78, 5) is 15.0. The van der Waals surface area contributed by atoms with Crippen molar-refractivity contribution < 1.29 is 9.47 Å². The SMILES string of the molecule is CN(CC1COCCO1)c1nccc(-c2ncnn2C)n1. The summed E-state index contributed by atoms with van der Waals surface area (Å²) in [5.74, 6) is 1.34. The van der Waals surface area contributed by atoms with Gasteiger partial charge in [0.05, 0.1) is 25.9 Å². The largest absolute Gasteiger partial charge is 0.376 e. The standard InChI is InChI=1S/C13H18N6O2/c1-18(7-10-8-20-5-6-21-10)13-14-4-3-11(17-13)12-15-9-16-19(12)2/h3-4,9-10H,5-8H2,1-2H3. The maximum atomic E-state index is 5.64. The third-order valence-electron chi connectivity index (χ3n) is 3.29. The summed E-state index contributed by atoms with van der Waals surface area (Å²) >= 11 is 0. The number of anilines is 1. The van der Waals surface area contributed by atoms with E-state index in [9.17, 15) is 0 Å². The van der Waals surface area contributed by atoms with Crippen LogP contribution in [0.4, 0.5) is 5.95 Å². The average molecular weight is 290 g/mol. The summed E-state index contributed by atoms with van der Waals surface area (Å²) in [5.41, 5.74) is 0.743. The molecule has 3 heterocycles. The molecule has 2 aromatic heterocycles. The van der Waals surface area contributed by atoms with E-state index >= 15 is 0 Å². The van der Waals surface area contributed by atoms with Gasteiger partial charge in [-0.3, -0.25) is 0 Å². The minimum absolute atomic E-state index is 0.0471. The first-order valence-corrected chi connectivity index (χ1v) is 6.82. The van der Waals surface area contributed by atoms with Gasteiger partial charge >= 0.3 is 0 Å². The number of aryl methyl sites for hydroxylation is 1. The summed E-state index contributed by atoms with van der Waals surface area (Å²) in [6.07, 6.45) is 3.28. The van der Waals surface area contributed by atoms with Gasteiger partial charge in [-0.1, -0.05) is 0 Å². The fourth-order valence-corrected chi connectivity index (χ4v) is 2.21. The third kappa shape index (κ3) is 3.17. The fourth-order valence-electron chi connectivity index (χ4n) is 2.21. The molecule has 0 aliphatic carbocycles. The quantitative estimate of drug-likeness (QED) is 0.791. The van der Waals surface area contributed by atoms with Crippen LogP contribution in [0, 0.1) is 0 Å². The van der Waals surface area contributed by atoms with Gasteiger partial charge in [-0.2, -0.15) is 5.10 Å². The highest BCUT2D eigenvalue weighted by Crippen LogP contribution is 2.16. The second kappa shape index (κ2) is 6.15. The highest BCUT2D eigenvalue weighted by Gasteiger charge is 2.18. The number of likely N-dealkylation sites (N-methyl/N-ethyl adjacent to an activating group) is 1. The molecule has 0 bridgehead atoms. The number of nitrogens with zero attached hydrogens (tertiary/aromatic N) is 6. The minimum Gasteiger partial charge on any atom is -0.376 e. The zero-order valence-electron chi connectivity index (χ0n) is 12.1. The van der Waals surface area contributed by atoms with Crippen molar-refractivity contribution in [2.75, 3.05) is 38.3 Å². The summed E-state index contributed by atoms with van der Waals surface area (Å²) in [5, 5.41) is 4.06. The first kappa shape index (κ1) is 13.9. The normalized spacial score (nSPS) is 18.7. The molecule has 0 N–H and O–H groups in total. The van der Waals surface area contributed by atoms with Crippen LogP contribution in [0.2, 0.25) is 0 Å². The van der Waals surface area contributed by atoms with E-state index in [2.05, 4.69) is 20.1 Å². The average Bonchev–Trinajstić information content (AvgIpc) is 2.94. The van der Waals surface area contributed by atoms with Crippen molar-refractivity contribution in [3.63, 3.8) is 0 Å². The monoisotopic (exact) mass is 290 g/mol. The van der Waals surface area contributed by atoms with E-state index in [1.165, 1.54) is 6.33 Å². The van der Waals surface area contributed by atoms with E-state index in [1.807, 2.05) is 25.1 Å². The van der Waals surface area contributed by atoms with E-state index in [-0.39, 0.29) is 6.10 Å². The van der Waals surface area contributed by atoms with Crippen molar-refractivity contribution in [3.8, 4) is 11.5 Å². The number of ether oxygens (including phenoxy) is 2. The van der Waals surface area contributed by atoms with Gasteiger partial charge in [0, 0.05) is 26.8 Å². The van der Waals surface area contributed by atoms with Crippen LogP contribution < -0.4 is 4.90 Å². The molecule has 0 aromatic carbocycles. The number of hydrogen-bond donors (Lipinski definition) is 0. The van der Waals surface area contributed by atoms with E-state index in [0.29, 0.717) is 38.1 Å². The van der Waals surface area contributed by atoms with Crippen LogP contribution in [-0.4, -0.2) is 64.2 Å². The Bertz CT molecular complexity index is 596. The maximum absolute atomic E-state index is 5.64. The summed E-state index contributed by atoms with van der Waals surface area (Å²) in [6, 6.07) is 1.82. The van der Waals surface area contributed by atoms with Gasteiger partial charge in [0.1, 0.15) is 12.0 Å². The van der Waals surface area contributed by atoms with Gasteiger partial charge < -0.3 is 14.4 Å². The molecule has 1 atom stereocenters. The minimum atomic E-state index is 0.0471. The Hall–Kier alpha value is -2.06. The molecule has 1 fully saturated rings. The number of hydrogen-bond acceptors (Lipinski definition) is 7. The van der Waals surface area contributed by atoms with Crippen LogP contribution in [-0.2, 0) is 16.5 Å². The van der Waals surface area contributed by atoms with Crippen molar-refractivity contribution in [2.45, 2.75) is 6.10 Å². The van der Waals surface area contributed by atoms with Crippen LogP contribution in [0.25, 0.3) is 11.5 Å². The first-order chi connectivity index (χ1) is 10.2. The van der Waals surface area contributed by atoms with Gasteiger partial charge in [0.2, 0.25) is 5.95 Å². The highest BCUT2D eigenvalue weighted by atomic mass is 16.6. The van der Waals surface area contributed by atoms with Crippen LogP contribution in [0.5, 0.6) is 0 Å². The number of rotatable bonds is 4. The van der Waals surface area contributed by atoms with E-state index in [1.54, 1.807) is 10.9 Å². The Balaban J connectivity index is 1.74. The van der Waals surface area contributed by atoms with Crippen molar-refractivity contribution in [2.24, 2.45) is 7.05 Å². The van der Waals surface area contributed by atoms with Crippen LogP contribution in [0.3, 0.4) is 0 Å². The van der Waals surface area contributed by atoms with Gasteiger partial charge in [-0.25, -0.2) is 19.6 Å². The van der Waals surface area contributed by atoms with Crippen LogP contribution in [0.15, 0.2) is 18.6 Å². The Morgan fingerprint density at radius 2 is 2.29 bits per heavy atom. The third-order valence-corrected chi connectivity index (χ3v) is 3.29. The molecule has 21 heavy (non-hydrogen) atoms. The van der Waals surface area contributed by atoms with E-state index in [4.69, 9.17) is 9.47 Å². The molecule has 8 nitrogen and oxygen atoms in total. The molecule has 1 aliphatic rings. The van der Waals surface area contributed by atoms with Gasteiger partial charge in [-0.15, -0.1) is 0 Å². The Kier molecular flexibility index (Phi) is 4.07. The summed E-state index contributed by atoms with van der Waals surface area (Å²) in [7, 11) is 3.77. The second-order valence-electron chi connectivity index (χ2n) is 4.90. The Morgan fingerprint density at radius 1 is 1.38 bits per heavy atom. The Morgan fingerprint density at radius 3 is 3.00 bits per heavy atom. The molecular formula is C13H18N6O2. The smallest absolute Gasteiger partial charge is 0.225 e. The van der Waals surface area contributed by atoms with Gasteiger partial charge in [0.15, 0.2) is 5.82 Å². The van der Waals surface area contributed by atoms with Crippen LogP contribution >= 0.6 is 0 Å². The molecule has 112 valence electrons. The summed E-state index contributed by atoms with van der Waals surface area (Å²) < 4.78 is 12.7. The lowest BCUT2D eigenvalue weighted by atomic mass is 10.3. The molecule has 2 aromatic rings. The molecule has 8 heteroatoms. The molecule has 3 rings (SSSR count). The maximum Gasteiger partial charge on any atom is 0.225 e. The molecular weight excluding hydrogens is 272 g/mol. The topological polar surface area (TPSA) is 78.2 Å². The fraction of sp³-hybridized carbons (Fsp3) is 0.538. The molecule has 1 saturated heterocycles. The van der Waals surface area contributed by atoms with E-state index < -0.39 is 0 Å². The molecule has 0 spiro atoms. The lowest BCUT2D eigenvalue weighted by molar-refractivity contribution is -0.0837. The molecule has 1 unspecified atom stereocenters. The second-order valence-corrected chi connectivity index (χ2v) is 4.90. The van der Waals surface area contributed by atoms with Gasteiger partial charge in [0.25, 0.3) is 0 Å². The van der Waals surface area contributed by atoms with Crippen molar-refractivity contribution in [3.05, 3.63) is 18.6 Å². The zero-order valence-corrected chi connectivity index (χ0v) is 12.1. The molecule has 1 aliphatic heterocycles. The van der Waals surface area contributed by atoms with E-state index in [0.717, 1.165) is 5.69 Å². The van der Waals surface area contributed by atoms with Crippen molar-refractivity contribution in [1.29, 1.82) is 0 Å². The lowest BCUT2D eigenvalue weighted by Gasteiger charge is -2.27. The predicted molar refractivity (Wildman–Crippen MR) is 75.9 cm³/mol. The molecule has 0 amide bonds. The predicted octanol–water partition coefficient (Wildman–Crippen LogP) is 0.124. The van der Waals surface area contributed by atoms with Crippen molar-refractivity contribution in [1.82, 2.24) is 24.7 Å².